The van der Waals surface area contributed by atoms with E-state index in [4.69, 9.17) is 0 Å². The van der Waals surface area contributed by atoms with Gasteiger partial charge in [0.2, 0.25) is 0 Å². The fraction of sp³-hybridized carbons (Fsp3) is 0.438. The van der Waals surface area contributed by atoms with Crippen LogP contribution in [0.15, 0.2) is 30.3 Å². The summed E-state index contributed by atoms with van der Waals surface area (Å²) in [6.45, 7) is 4.37. The van der Waals surface area contributed by atoms with Crippen LogP contribution in [0.2, 0.25) is 0 Å². The lowest BCUT2D eigenvalue weighted by atomic mass is 10.0. The summed E-state index contributed by atoms with van der Waals surface area (Å²) < 4.78 is 0. The van der Waals surface area contributed by atoms with Gasteiger partial charge in [-0.2, -0.15) is 0 Å². The van der Waals surface area contributed by atoms with Crippen LogP contribution in [0.3, 0.4) is 0 Å². The second kappa shape index (κ2) is 5.68. The van der Waals surface area contributed by atoms with Crippen LogP contribution >= 0.6 is 0 Å². The summed E-state index contributed by atoms with van der Waals surface area (Å²) in [4.78, 5) is 17.4. The minimum Gasteiger partial charge on any atom is -0.357 e. The first-order valence-corrected chi connectivity index (χ1v) is 7.43. The smallest absolute Gasteiger partial charge is 0.270 e. The third-order valence-corrected chi connectivity index (χ3v) is 4.21. The average molecular weight is 285 g/mol. The van der Waals surface area contributed by atoms with E-state index in [9.17, 15) is 10.1 Å². The van der Waals surface area contributed by atoms with Gasteiger partial charge < -0.3 is 4.90 Å². The maximum absolute atomic E-state index is 10.8. The van der Waals surface area contributed by atoms with Crippen LogP contribution in [-0.4, -0.2) is 23.0 Å². The summed E-state index contributed by atoms with van der Waals surface area (Å²) in [7, 11) is 0. The van der Waals surface area contributed by atoms with Gasteiger partial charge in [0.25, 0.3) is 5.69 Å². The molecule has 0 amide bonds. The Morgan fingerprint density at radius 1 is 1.24 bits per heavy atom. The lowest BCUT2D eigenvalue weighted by molar-refractivity contribution is -0.384. The molecular formula is C16H19N3O2. The van der Waals surface area contributed by atoms with Crippen molar-refractivity contribution in [2.75, 3.05) is 18.0 Å². The number of nitro benzene ring substituents is 1. The molecule has 2 heterocycles. The fourth-order valence-corrected chi connectivity index (χ4v) is 2.88. The molecule has 5 nitrogen and oxygen atoms in total. The highest BCUT2D eigenvalue weighted by Crippen LogP contribution is 2.25. The zero-order chi connectivity index (χ0) is 14.8. The number of hydrogen-bond donors (Lipinski definition) is 0. The van der Waals surface area contributed by atoms with Crippen molar-refractivity contribution in [3.8, 4) is 0 Å². The van der Waals surface area contributed by atoms with Crippen molar-refractivity contribution in [1.82, 2.24) is 4.98 Å². The van der Waals surface area contributed by atoms with Crippen LogP contribution in [-0.2, 0) is 0 Å². The van der Waals surface area contributed by atoms with Crippen molar-refractivity contribution >= 4 is 22.4 Å². The highest BCUT2D eigenvalue weighted by atomic mass is 16.6. The van der Waals surface area contributed by atoms with Gasteiger partial charge in [0.05, 0.1) is 10.4 Å². The molecule has 0 saturated carbocycles. The lowest BCUT2D eigenvalue weighted by Crippen LogP contribution is -2.25. The van der Waals surface area contributed by atoms with Crippen LogP contribution in [0.4, 0.5) is 11.5 Å². The molecule has 3 rings (SSSR count). The molecule has 110 valence electrons. The lowest BCUT2D eigenvalue weighted by Gasteiger charge is -2.21. The zero-order valence-electron chi connectivity index (χ0n) is 12.2. The van der Waals surface area contributed by atoms with Gasteiger partial charge in [0.15, 0.2) is 0 Å². The van der Waals surface area contributed by atoms with E-state index in [2.05, 4.69) is 16.8 Å². The molecule has 1 aliphatic rings. The standard InChI is InChI=1S/C16H19N3O2/c1-12-3-2-9-18(10-8-12)16-7-4-13-11-14(19(20)21)5-6-15(13)17-16/h4-7,11-12H,2-3,8-10H2,1H3. The summed E-state index contributed by atoms with van der Waals surface area (Å²) >= 11 is 0. The van der Waals surface area contributed by atoms with Gasteiger partial charge in [-0.25, -0.2) is 4.98 Å². The SMILES string of the molecule is CC1CCCN(c2ccc3cc([N+](=O)[O-])ccc3n2)CC1. The monoisotopic (exact) mass is 285 g/mol. The van der Waals surface area contributed by atoms with Gasteiger partial charge >= 0.3 is 0 Å². The predicted octanol–water partition coefficient (Wildman–Crippen LogP) is 3.77. The van der Waals surface area contributed by atoms with Crippen molar-refractivity contribution in [2.45, 2.75) is 26.2 Å². The first-order chi connectivity index (χ1) is 10.1. The molecular weight excluding hydrogens is 266 g/mol. The molecule has 1 unspecified atom stereocenters. The summed E-state index contributed by atoms with van der Waals surface area (Å²) in [5.41, 5.74) is 0.927. The minimum absolute atomic E-state index is 0.112. The molecule has 0 spiro atoms. The predicted molar refractivity (Wildman–Crippen MR) is 83.6 cm³/mol. The van der Waals surface area contributed by atoms with Crippen molar-refractivity contribution in [1.29, 1.82) is 0 Å². The molecule has 1 aliphatic heterocycles. The topological polar surface area (TPSA) is 59.3 Å². The summed E-state index contributed by atoms with van der Waals surface area (Å²) in [6.07, 6.45) is 3.66. The molecule has 0 N–H and O–H groups in total. The van der Waals surface area contributed by atoms with Gasteiger partial charge in [-0.15, -0.1) is 0 Å². The molecule has 0 aliphatic carbocycles. The number of non-ortho nitro benzene ring substituents is 1. The maximum atomic E-state index is 10.8. The summed E-state index contributed by atoms with van der Waals surface area (Å²) in [6, 6.07) is 8.73. The van der Waals surface area contributed by atoms with Crippen LogP contribution in [0.1, 0.15) is 26.2 Å². The molecule has 0 bridgehead atoms. The van der Waals surface area contributed by atoms with E-state index in [1.807, 2.05) is 12.1 Å². The highest BCUT2D eigenvalue weighted by molar-refractivity contribution is 5.82. The molecule has 21 heavy (non-hydrogen) atoms. The van der Waals surface area contributed by atoms with Gasteiger partial charge in [0, 0.05) is 30.6 Å². The fourth-order valence-electron chi connectivity index (χ4n) is 2.88. The third-order valence-electron chi connectivity index (χ3n) is 4.21. The van der Waals surface area contributed by atoms with Crippen LogP contribution in [0.5, 0.6) is 0 Å². The molecule has 1 fully saturated rings. The Hall–Kier alpha value is -2.17. The summed E-state index contributed by atoms with van der Waals surface area (Å²) in [5.74, 6) is 1.75. The second-order valence-electron chi connectivity index (χ2n) is 5.83. The van der Waals surface area contributed by atoms with Crippen molar-refractivity contribution in [3.63, 3.8) is 0 Å². The number of nitrogens with zero attached hydrogens (tertiary/aromatic N) is 3. The Balaban J connectivity index is 1.90. The van der Waals surface area contributed by atoms with Gasteiger partial charge in [-0.1, -0.05) is 6.92 Å². The van der Waals surface area contributed by atoms with Gasteiger partial charge in [-0.3, -0.25) is 10.1 Å². The van der Waals surface area contributed by atoms with Crippen LogP contribution in [0, 0.1) is 16.0 Å². The minimum atomic E-state index is -0.371. The Labute approximate surface area is 123 Å². The number of aromatic nitrogens is 1. The number of nitro groups is 1. The second-order valence-corrected chi connectivity index (χ2v) is 5.83. The van der Waals surface area contributed by atoms with E-state index < -0.39 is 0 Å². The molecule has 0 radical (unpaired) electrons. The van der Waals surface area contributed by atoms with E-state index in [0.29, 0.717) is 0 Å². The highest BCUT2D eigenvalue weighted by Gasteiger charge is 2.15. The first-order valence-electron chi connectivity index (χ1n) is 7.43. The Morgan fingerprint density at radius 2 is 2.10 bits per heavy atom. The molecule has 1 aromatic heterocycles. The van der Waals surface area contributed by atoms with Crippen LogP contribution < -0.4 is 4.90 Å². The van der Waals surface area contributed by atoms with Gasteiger partial charge in [0.1, 0.15) is 5.82 Å². The molecule has 5 heteroatoms. The normalized spacial score (nSPS) is 19.5. The number of hydrogen-bond acceptors (Lipinski definition) is 4. The van der Waals surface area contributed by atoms with E-state index in [0.717, 1.165) is 35.7 Å². The molecule has 1 atom stereocenters. The average Bonchev–Trinajstić information content (AvgIpc) is 2.71. The maximum Gasteiger partial charge on any atom is 0.270 e. The van der Waals surface area contributed by atoms with Crippen molar-refractivity contribution < 1.29 is 4.92 Å². The Kier molecular flexibility index (Phi) is 3.73. The number of anilines is 1. The van der Waals surface area contributed by atoms with Crippen LogP contribution in [0.25, 0.3) is 10.9 Å². The molecule has 2 aromatic rings. The van der Waals surface area contributed by atoms with E-state index in [1.54, 1.807) is 12.1 Å². The Morgan fingerprint density at radius 3 is 2.90 bits per heavy atom. The number of pyridine rings is 1. The number of rotatable bonds is 2. The first kappa shape index (κ1) is 13.8. The van der Waals surface area contributed by atoms with E-state index >= 15 is 0 Å². The van der Waals surface area contributed by atoms with Crippen molar-refractivity contribution in [3.05, 3.63) is 40.4 Å². The molecule has 1 aromatic carbocycles. The molecule has 1 saturated heterocycles. The number of fused-ring (bicyclic) bond motifs is 1. The summed E-state index contributed by atoms with van der Waals surface area (Å²) in [5, 5.41) is 11.6. The van der Waals surface area contributed by atoms with Gasteiger partial charge in [-0.05, 0) is 43.4 Å². The van der Waals surface area contributed by atoms with E-state index in [-0.39, 0.29) is 10.6 Å². The van der Waals surface area contributed by atoms with Crippen molar-refractivity contribution in [2.24, 2.45) is 5.92 Å². The van der Waals surface area contributed by atoms with E-state index in [1.165, 1.54) is 25.3 Å². The quantitative estimate of drug-likeness (QED) is 0.622. The Bertz CT molecular complexity index is 672. The third kappa shape index (κ3) is 2.96. The zero-order valence-corrected chi connectivity index (χ0v) is 12.2. The number of benzene rings is 1. The largest absolute Gasteiger partial charge is 0.357 e.